The van der Waals surface area contributed by atoms with Crippen molar-refractivity contribution in [2.75, 3.05) is 0 Å². The maximum Gasteiger partial charge on any atom is 0.174 e. The third-order valence-electron chi connectivity index (χ3n) is 1.74. The number of H-pyrrole nitrogens is 2. The molecule has 0 aliphatic carbocycles. The van der Waals surface area contributed by atoms with Crippen molar-refractivity contribution in [3.8, 4) is 10.6 Å². The van der Waals surface area contributed by atoms with E-state index in [1.807, 2.05) is 20.0 Å². The maximum atomic E-state index is 4.96. The number of nitrogens with zero attached hydrogens (tertiary/aromatic N) is 1. The van der Waals surface area contributed by atoms with Gasteiger partial charge in [0.25, 0.3) is 0 Å². The molecular weight excluding hydrogens is 202 g/mol. The third-order valence-corrected chi connectivity index (χ3v) is 3.07. The molecule has 2 N–H and O–H groups in total. The highest BCUT2D eigenvalue weighted by Gasteiger charge is 2.07. The van der Waals surface area contributed by atoms with Crippen LogP contribution in [0.3, 0.4) is 0 Å². The highest BCUT2D eigenvalue weighted by atomic mass is 32.1. The molecule has 2 rings (SSSR count). The Labute approximate surface area is 84.9 Å². The lowest BCUT2D eigenvalue weighted by atomic mass is 10.3. The largest absolute Gasteiger partial charge is 0.337 e. The summed E-state index contributed by atoms with van der Waals surface area (Å²) in [5, 5.41) is 1.08. The van der Waals surface area contributed by atoms with Crippen LogP contribution in [0.1, 0.15) is 10.7 Å². The summed E-state index contributed by atoms with van der Waals surface area (Å²) in [6.45, 7) is 4.01. The number of rotatable bonds is 1. The van der Waals surface area contributed by atoms with Gasteiger partial charge in [-0.3, -0.25) is 0 Å². The van der Waals surface area contributed by atoms with Crippen molar-refractivity contribution in [2.24, 2.45) is 0 Å². The Kier molecular flexibility index (Phi) is 2.05. The van der Waals surface area contributed by atoms with E-state index in [0.717, 1.165) is 21.3 Å². The quantitative estimate of drug-likeness (QED) is 0.712. The Bertz CT molecular complexity index is 478. The minimum absolute atomic E-state index is 0.653. The number of aromatic nitrogens is 3. The fourth-order valence-electron chi connectivity index (χ4n) is 1.24. The van der Waals surface area contributed by atoms with Crippen molar-refractivity contribution in [1.29, 1.82) is 0 Å². The second kappa shape index (κ2) is 3.08. The SMILES string of the molecule is Cc1nc(C)c(-c2c[nH]c(=S)[nH]2)s1. The number of nitrogens with one attached hydrogen (secondary N) is 2. The number of imidazole rings is 1. The molecule has 0 aliphatic rings. The van der Waals surface area contributed by atoms with E-state index in [1.165, 1.54) is 0 Å². The van der Waals surface area contributed by atoms with E-state index in [-0.39, 0.29) is 0 Å². The second-order valence-electron chi connectivity index (χ2n) is 2.80. The molecule has 0 saturated carbocycles. The normalized spacial score (nSPS) is 10.6. The number of hydrogen-bond donors (Lipinski definition) is 2. The molecular formula is C8H9N3S2. The fourth-order valence-corrected chi connectivity index (χ4v) is 2.30. The summed E-state index contributed by atoms with van der Waals surface area (Å²) in [6, 6.07) is 0. The topological polar surface area (TPSA) is 44.5 Å². The van der Waals surface area contributed by atoms with Gasteiger partial charge in [0.15, 0.2) is 4.77 Å². The van der Waals surface area contributed by atoms with Crippen molar-refractivity contribution in [1.82, 2.24) is 15.0 Å². The minimum Gasteiger partial charge on any atom is -0.337 e. The molecule has 2 aromatic heterocycles. The smallest absolute Gasteiger partial charge is 0.174 e. The molecule has 2 aromatic rings. The first kappa shape index (κ1) is 8.65. The van der Waals surface area contributed by atoms with Gasteiger partial charge in [-0.1, -0.05) is 0 Å². The molecule has 0 spiro atoms. The molecule has 0 atom stereocenters. The van der Waals surface area contributed by atoms with Crippen LogP contribution >= 0.6 is 23.6 Å². The van der Waals surface area contributed by atoms with Crippen LogP contribution in [0.4, 0.5) is 0 Å². The molecule has 2 heterocycles. The zero-order valence-electron chi connectivity index (χ0n) is 7.34. The third kappa shape index (κ3) is 1.57. The van der Waals surface area contributed by atoms with Gasteiger partial charge in [0, 0.05) is 6.20 Å². The van der Waals surface area contributed by atoms with Gasteiger partial charge in [-0.15, -0.1) is 11.3 Å². The summed E-state index contributed by atoms with van der Waals surface area (Å²) in [7, 11) is 0. The number of thiazole rings is 1. The van der Waals surface area contributed by atoms with Crippen LogP contribution in [0.15, 0.2) is 6.20 Å². The van der Waals surface area contributed by atoms with Crippen molar-refractivity contribution < 1.29 is 0 Å². The van der Waals surface area contributed by atoms with E-state index in [9.17, 15) is 0 Å². The van der Waals surface area contributed by atoms with Crippen molar-refractivity contribution in [3.05, 3.63) is 21.7 Å². The van der Waals surface area contributed by atoms with E-state index in [2.05, 4.69) is 15.0 Å². The van der Waals surface area contributed by atoms with Crippen LogP contribution < -0.4 is 0 Å². The van der Waals surface area contributed by atoms with Crippen molar-refractivity contribution in [3.63, 3.8) is 0 Å². The van der Waals surface area contributed by atoms with E-state index >= 15 is 0 Å². The maximum absolute atomic E-state index is 4.96. The molecule has 0 unspecified atom stereocenters. The minimum atomic E-state index is 0.653. The molecule has 0 amide bonds. The second-order valence-corrected chi connectivity index (χ2v) is 4.42. The molecule has 0 aromatic carbocycles. The summed E-state index contributed by atoms with van der Waals surface area (Å²) in [6.07, 6.45) is 1.88. The van der Waals surface area contributed by atoms with Crippen LogP contribution in [-0.2, 0) is 0 Å². The number of hydrogen-bond acceptors (Lipinski definition) is 3. The molecule has 68 valence electrons. The molecule has 13 heavy (non-hydrogen) atoms. The molecule has 3 nitrogen and oxygen atoms in total. The predicted octanol–water partition coefficient (Wildman–Crippen LogP) is 2.81. The summed E-state index contributed by atoms with van der Waals surface area (Å²) in [5.41, 5.74) is 2.07. The van der Waals surface area contributed by atoms with E-state index in [1.54, 1.807) is 11.3 Å². The van der Waals surface area contributed by atoms with Gasteiger partial charge >= 0.3 is 0 Å². The van der Waals surface area contributed by atoms with E-state index in [4.69, 9.17) is 12.2 Å². The molecule has 0 aliphatic heterocycles. The van der Waals surface area contributed by atoms with Gasteiger partial charge in [0.1, 0.15) is 0 Å². The molecule has 0 radical (unpaired) electrons. The predicted molar refractivity (Wildman–Crippen MR) is 56.6 cm³/mol. The van der Waals surface area contributed by atoms with Crippen LogP contribution in [0.5, 0.6) is 0 Å². The van der Waals surface area contributed by atoms with Gasteiger partial charge in [-0.2, -0.15) is 0 Å². The van der Waals surface area contributed by atoms with Gasteiger partial charge in [-0.25, -0.2) is 4.98 Å². The van der Waals surface area contributed by atoms with Gasteiger partial charge < -0.3 is 9.97 Å². The molecule has 0 bridgehead atoms. The monoisotopic (exact) mass is 211 g/mol. The van der Waals surface area contributed by atoms with Gasteiger partial charge in [0.2, 0.25) is 0 Å². The summed E-state index contributed by atoms with van der Waals surface area (Å²) in [5.74, 6) is 0. The Morgan fingerprint density at radius 2 is 2.23 bits per heavy atom. The first-order valence-corrected chi connectivity index (χ1v) is 5.11. The van der Waals surface area contributed by atoms with Gasteiger partial charge in [0.05, 0.1) is 21.3 Å². The number of aromatic amines is 2. The van der Waals surface area contributed by atoms with Crippen molar-refractivity contribution in [2.45, 2.75) is 13.8 Å². The van der Waals surface area contributed by atoms with Crippen molar-refractivity contribution >= 4 is 23.6 Å². The Hall–Kier alpha value is -0.940. The highest BCUT2D eigenvalue weighted by molar-refractivity contribution is 7.71. The van der Waals surface area contributed by atoms with Gasteiger partial charge in [-0.05, 0) is 26.1 Å². The first-order valence-electron chi connectivity index (χ1n) is 3.89. The standard InChI is InChI=1S/C8H9N3S2/c1-4-7(13-5(2)10-4)6-3-9-8(12)11-6/h3H,1-2H3,(H2,9,11,12). The molecule has 5 heteroatoms. The summed E-state index contributed by atoms with van der Waals surface area (Å²) >= 11 is 6.63. The zero-order chi connectivity index (χ0) is 9.42. The average Bonchev–Trinajstić information content (AvgIpc) is 2.58. The van der Waals surface area contributed by atoms with Crippen LogP contribution in [0.25, 0.3) is 10.6 Å². The van der Waals surface area contributed by atoms with Crippen LogP contribution in [0, 0.1) is 18.6 Å². The fraction of sp³-hybridized carbons (Fsp3) is 0.250. The zero-order valence-corrected chi connectivity index (χ0v) is 8.97. The summed E-state index contributed by atoms with van der Waals surface area (Å²) < 4.78 is 0.653. The Morgan fingerprint density at radius 1 is 1.46 bits per heavy atom. The number of aryl methyl sites for hydroxylation is 2. The Balaban J connectivity index is 2.57. The summed E-state index contributed by atoms with van der Waals surface area (Å²) in [4.78, 5) is 11.5. The van der Waals surface area contributed by atoms with Crippen LogP contribution in [0.2, 0.25) is 0 Å². The lowest BCUT2D eigenvalue weighted by Gasteiger charge is -1.90. The molecule has 0 fully saturated rings. The molecule has 0 saturated heterocycles. The van der Waals surface area contributed by atoms with E-state index in [0.29, 0.717) is 4.77 Å². The lowest BCUT2D eigenvalue weighted by Crippen LogP contribution is -1.76. The van der Waals surface area contributed by atoms with E-state index < -0.39 is 0 Å². The van der Waals surface area contributed by atoms with Crippen LogP contribution in [-0.4, -0.2) is 15.0 Å². The highest BCUT2D eigenvalue weighted by Crippen LogP contribution is 2.27. The first-order chi connectivity index (χ1) is 6.16. The lowest BCUT2D eigenvalue weighted by molar-refractivity contribution is 1.20. The Morgan fingerprint density at radius 3 is 2.69 bits per heavy atom. The average molecular weight is 211 g/mol.